The molecule has 8 rings (SSSR count). The van der Waals surface area contributed by atoms with Gasteiger partial charge in [0.05, 0.1) is 26.7 Å². The molecule has 8 heteroatoms. The van der Waals surface area contributed by atoms with Crippen molar-refractivity contribution in [2.24, 2.45) is 0 Å². The molecule has 4 amide bonds. The van der Waals surface area contributed by atoms with Crippen LogP contribution in [0.3, 0.4) is 0 Å². The summed E-state index contributed by atoms with van der Waals surface area (Å²) in [5, 5.41) is 0. The highest BCUT2D eigenvalue weighted by Gasteiger charge is 2.82. The van der Waals surface area contributed by atoms with Crippen LogP contribution in [0, 0.1) is 0 Å². The molecule has 0 aromatic heterocycles. The Hall–Kier alpha value is -4.66. The average Bonchev–Trinajstić information content (AvgIpc) is 3.41. The molecule has 0 atom stereocenters. The van der Waals surface area contributed by atoms with Crippen LogP contribution in [-0.2, 0) is 24.4 Å². The van der Waals surface area contributed by atoms with Gasteiger partial charge in [0.2, 0.25) is 0 Å². The van der Waals surface area contributed by atoms with Gasteiger partial charge in [-0.05, 0) is 11.1 Å². The summed E-state index contributed by atoms with van der Waals surface area (Å²) in [6.07, 6.45) is 0. The van der Waals surface area contributed by atoms with E-state index in [1.165, 1.54) is 0 Å². The molecule has 0 aliphatic carbocycles. The van der Waals surface area contributed by atoms with Crippen LogP contribution in [0.5, 0.6) is 0 Å². The molecule has 0 spiro atoms. The molecule has 0 saturated carbocycles. The first-order chi connectivity index (χ1) is 20.6. The number of benzene rings is 4. The monoisotopic (exact) mass is 556 g/mol. The Morgan fingerprint density at radius 3 is 1.02 bits per heavy atom. The van der Waals surface area contributed by atoms with Crippen molar-refractivity contribution in [2.45, 2.75) is 24.4 Å². The van der Waals surface area contributed by atoms with Crippen LogP contribution >= 0.6 is 0 Å². The third-order valence-corrected chi connectivity index (χ3v) is 9.19. The lowest BCUT2D eigenvalue weighted by Gasteiger charge is -2.55. The second-order valence-corrected chi connectivity index (χ2v) is 11.5. The normalized spacial score (nSPS) is 25.3. The summed E-state index contributed by atoms with van der Waals surface area (Å²) in [6, 6.07) is 40.6. The van der Waals surface area contributed by atoms with Crippen molar-refractivity contribution >= 4 is 12.1 Å². The second kappa shape index (κ2) is 9.44. The summed E-state index contributed by atoms with van der Waals surface area (Å²) in [5.74, 6) is 0. The Kier molecular flexibility index (Phi) is 5.64. The van der Waals surface area contributed by atoms with E-state index in [1.54, 1.807) is 0 Å². The third-order valence-electron chi connectivity index (χ3n) is 9.19. The van der Waals surface area contributed by atoms with Crippen LogP contribution in [-0.4, -0.2) is 68.1 Å². The summed E-state index contributed by atoms with van der Waals surface area (Å²) < 4.78 is 0. The summed E-state index contributed by atoms with van der Waals surface area (Å²) in [4.78, 5) is 41.9. The molecule has 4 aromatic carbocycles. The molecule has 42 heavy (non-hydrogen) atoms. The molecule has 4 fully saturated rings. The fourth-order valence-corrected chi connectivity index (χ4v) is 7.68. The zero-order chi connectivity index (χ0) is 28.3. The number of carbonyl (C=O) groups is 2. The van der Waals surface area contributed by atoms with Crippen molar-refractivity contribution in [3.8, 4) is 0 Å². The maximum atomic E-state index is 14.8. The lowest BCUT2D eigenvalue weighted by molar-refractivity contribution is -0.162. The minimum Gasteiger partial charge on any atom is -0.280 e. The van der Waals surface area contributed by atoms with Gasteiger partial charge < -0.3 is 0 Å². The molecule has 4 heterocycles. The third kappa shape index (κ3) is 3.30. The van der Waals surface area contributed by atoms with E-state index in [0.717, 1.165) is 22.3 Å². The molecule has 0 unspecified atom stereocenters. The van der Waals surface area contributed by atoms with Gasteiger partial charge in [-0.15, -0.1) is 0 Å². The lowest BCUT2D eigenvalue weighted by Crippen LogP contribution is -2.70. The van der Waals surface area contributed by atoms with Gasteiger partial charge in [0.15, 0.2) is 11.3 Å². The molecule has 4 aromatic rings. The van der Waals surface area contributed by atoms with Gasteiger partial charge in [-0.1, -0.05) is 121 Å². The number of rotatable bonds is 6. The number of urea groups is 2. The van der Waals surface area contributed by atoms with Gasteiger partial charge >= 0.3 is 12.1 Å². The van der Waals surface area contributed by atoms with E-state index in [-0.39, 0.29) is 12.1 Å². The molecule has 210 valence electrons. The molecular weight excluding hydrogens is 524 g/mol. The summed E-state index contributed by atoms with van der Waals surface area (Å²) in [5.41, 5.74) is 2.11. The quantitative estimate of drug-likeness (QED) is 0.334. The van der Waals surface area contributed by atoms with Crippen molar-refractivity contribution in [3.05, 3.63) is 144 Å². The van der Waals surface area contributed by atoms with E-state index in [0.29, 0.717) is 39.8 Å². The van der Waals surface area contributed by atoms with Gasteiger partial charge in [0.25, 0.3) is 0 Å². The Morgan fingerprint density at radius 2 is 0.714 bits per heavy atom. The molecule has 4 aliphatic heterocycles. The number of amides is 4. The smallest absolute Gasteiger partial charge is 0.280 e. The van der Waals surface area contributed by atoms with E-state index in [1.807, 2.05) is 92.4 Å². The van der Waals surface area contributed by atoms with Crippen molar-refractivity contribution in [1.82, 2.24) is 29.4 Å². The molecule has 8 nitrogen and oxygen atoms in total. The first-order valence-corrected chi connectivity index (χ1v) is 14.5. The largest absolute Gasteiger partial charge is 0.326 e. The Balaban J connectivity index is 1.31. The van der Waals surface area contributed by atoms with E-state index < -0.39 is 11.3 Å². The Bertz CT molecular complexity index is 1460. The van der Waals surface area contributed by atoms with Crippen molar-refractivity contribution in [2.75, 3.05) is 26.7 Å². The first kappa shape index (κ1) is 25.1. The number of hydrogen-bond donors (Lipinski definition) is 0. The van der Waals surface area contributed by atoms with E-state index in [4.69, 9.17) is 0 Å². The maximum absolute atomic E-state index is 14.8. The van der Waals surface area contributed by atoms with Crippen LogP contribution in [0.15, 0.2) is 121 Å². The standard InChI is InChI=1S/C34H32N6O2/c41-31-37-23-35(21-27-13-5-1-6-14-27)24-38-32(42)40-26-36(22-28-15-7-2-8-16-28)25-39(31)34(40,30-19-11-4-12-20-30)33(37,38)29-17-9-3-10-18-29/h1-20H,21-26H2. The Morgan fingerprint density at radius 1 is 0.429 bits per heavy atom. The van der Waals surface area contributed by atoms with Gasteiger partial charge in [-0.25, -0.2) is 9.59 Å². The minimum atomic E-state index is -1.03. The number of carbonyl (C=O) groups excluding carboxylic acids is 2. The Labute approximate surface area is 245 Å². The molecule has 4 saturated heterocycles. The number of hydrogen-bond acceptors (Lipinski definition) is 4. The molecule has 0 N–H and O–H groups in total. The van der Waals surface area contributed by atoms with Crippen LogP contribution in [0.1, 0.15) is 22.3 Å². The highest BCUT2D eigenvalue weighted by molar-refractivity contribution is 5.90. The van der Waals surface area contributed by atoms with E-state index in [9.17, 15) is 9.59 Å². The molecule has 4 aliphatic rings. The van der Waals surface area contributed by atoms with E-state index in [2.05, 4.69) is 58.3 Å². The topological polar surface area (TPSA) is 53.6 Å². The molecule has 0 bridgehead atoms. The summed E-state index contributed by atoms with van der Waals surface area (Å²) >= 11 is 0. The lowest BCUT2D eigenvalue weighted by atomic mass is 9.79. The van der Waals surface area contributed by atoms with Gasteiger partial charge in [0.1, 0.15) is 0 Å². The predicted molar refractivity (Wildman–Crippen MR) is 158 cm³/mol. The van der Waals surface area contributed by atoms with E-state index >= 15 is 0 Å². The number of nitrogens with zero attached hydrogens (tertiary/aromatic N) is 6. The van der Waals surface area contributed by atoms with Crippen LogP contribution < -0.4 is 0 Å². The summed E-state index contributed by atoms with van der Waals surface area (Å²) in [6.45, 7) is 2.90. The second-order valence-electron chi connectivity index (χ2n) is 11.5. The molecule has 0 radical (unpaired) electrons. The van der Waals surface area contributed by atoms with Crippen LogP contribution in [0.2, 0.25) is 0 Å². The maximum Gasteiger partial charge on any atom is 0.326 e. The minimum absolute atomic E-state index is 0.0688. The summed E-state index contributed by atoms with van der Waals surface area (Å²) in [7, 11) is 0. The highest BCUT2D eigenvalue weighted by Crippen LogP contribution is 2.64. The first-order valence-electron chi connectivity index (χ1n) is 14.5. The predicted octanol–water partition coefficient (Wildman–Crippen LogP) is 5.03. The van der Waals surface area contributed by atoms with Crippen molar-refractivity contribution in [3.63, 3.8) is 0 Å². The van der Waals surface area contributed by atoms with Gasteiger partial charge in [-0.2, -0.15) is 0 Å². The van der Waals surface area contributed by atoms with Crippen LogP contribution in [0.4, 0.5) is 9.59 Å². The fraction of sp³-hybridized carbons (Fsp3) is 0.235. The van der Waals surface area contributed by atoms with Crippen LogP contribution in [0.25, 0.3) is 0 Å². The van der Waals surface area contributed by atoms with Crippen molar-refractivity contribution in [1.29, 1.82) is 0 Å². The van der Waals surface area contributed by atoms with Gasteiger partial charge in [-0.3, -0.25) is 29.4 Å². The zero-order valence-electron chi connectivity index (χ0n) is 23.3. The zero-order valence-corrected chi connectivity index (χ0v) is 23.3. The highest BCUT2D eigenvalue weighted by atomic mass is 16.2. The fourth-order valence-electron chi connectivity index (χ4n) is 7.68. The SMILES string of the molecule is O=C1N2CN(Cc3ccccc3)CN3C(=O)N4CN(Cc5ccccc5)CN1C4(c1ccccc1)C23c1ccccc1. The average molecular weight is 557 g/mol. The van der Waals surface area contributed by atoms with Crippen molar-refractivity contribution < 1.29 is 9.59 Å². The van der Waals surface area contributed by atoms with Gasteiger partial charge in [0, 0.05) is 24.2 Å². The molecular formula is C34H32N6O2.